The van der Waals surface area contributed by atoms with Crippen LogP contribution >= 0.6 is 0 Å². The maximum Gasteiger partial charge on any atom is 0.244 e. The third-order valence-electron chi connectivity index (χ3n) is 3.71. The van der Waals surface area contributed by atoms with Crippen molar-refractivity contribution >= 4 is 5.82 Å². The molecular formula is C14H19N5O. The summed E-state index contributed by atoms with van der Waals surface area (Å²) >= 11 is 0. The van der Waals surface area contributed by atoms with Gasteiger partial charge < -0.3 is 9.42 Å². The summed E-state index contributed by atoms with van der Waals surface area (Å²) < 4.78 is 5.41. The molecule has 1 aliphatic heterocycles. The molecule has 2 aromatic rings. The fraction of sp³-hybridized carbons (Fsp3) is 0.500. The molecule has 1 aliphatic rings. The standard InChI is InChI=1S/C14H19N5O/c1-18(2)12-7-6-10(9-15-12)13-16-14(20-17-13)11-5-4-8-19(11)3/h6-7,9,11H,4-5,8H2,1-3H3/t11-/m0/s1. The summed E-state index contributed by atoms with van der Waals surface area (Å²) in [6.07, 6.45) is 4.04. The van der Waals surface area contributed by atoms with Gasteiger partial charge in [-0.25, -0.2) is 4.98 Å². The summed E-state index contributed by atoms with van der Waals surface area (Å²) in [4.78, 5) is 13.1. The van der Waals surface area contributed by atoms with Gasteiger partial charge in [0.2, 0.25) is 11.7 Å². The van der Waals surface area contributed by atoms with Crippen molar-refractivity contribution in [2.75, 3.05) is 32.6 Å². The summed E-state index contributed by atoms with van der Waals surface area (Å²) in [5.41, 5.74) is 0.881. The van der Waals surface area contributed by atoms with Gasteiger partial charge in [0.1, 0.15) is 5.82 Å². The highest BCUT2D eigenvalue weighted by Crippen LogP contribution is 2.30. The molecule has 1 atom stereocenters. The van der Waals surface area contributed by atoms with Gasteiger partial charge in [-0.05, 0) is 38.6 Å². The van der Waals surface area contributed by atoms with E-state index >= 15 is 0 Å². The zero-order chi connectivity index (χ0) is 14.1. The molecule has 1 fully saturated rings. The van der Waals surface area contributed by atoms with Crippen molar-refractivity contribution in [1.82, 2.24) is 20.0 Å². The Labute approximate surface area is 118 Å². The Balaban J connectivity index is 1.82. The number of anilines is 1. The minimum absolute atomic E-state index is 0.255. The first-order valence-corrected chi connectivity index (χ1v) is 6.83. The first-order valence-electron chi connectivity index (χ1n) is 6.83. The Bertz CT molecular complexity index is 578. The molecule has 0 amide bonds. The first-order chi connectivity index (χ1) is 9.65. The van der Waals surface area contributed by atoms with Crippen LogP contribution in [0.3, 0.4) is 0 Å². The molecule has 0 saturated carbocycles. The Morgan fingerprint density at radius 1 is 1.35 bits per heavy atom. The van der Waals surface area contributed by atoms with E-state index in [-0.39, 0.29) is 6.04 Å². The van der Waals surface area contributed by atoms with E-state index in [1.807, 2.05) is 31.1 Å². The van der Waals surface area contributed by atoms with Gasteiger partial charge in [-0.3, -0.25) is 4.90 Å². The van der Waals surface area contributed by atoms with E-state index in [0.29, 0.717) is 11.7 Å². The zero-order valence-electron chi connectivity index (χ0n) is 12.1. The molecule has 3 rings (SSSR count). The number of nitrogens with zero attached hydrogens (tertiary/aromatic N) is 5. The number of likely N-dealkylation sites (tertiary alicyclic amines) is 1. The SMILES string of the molecule is CN(C)c1ccc(-c2noc([C@@H]3CCCN3C)n2)cn1. The molecule has 106 valence electrons. The highest BCUT2D eigenvalue weighted by Gasteiger charge is 2.27. The molecule has 2 aromatic heterocycles. The molecule has 0 aliphatic carbocycles. The molecule has 0 unspecified atom stereocenters. The molecule has 0 spiro atoms. The molecular weight excluding hydrogens is 254 g/mol. The normalized spacial score (nSPS) is 19.4. The molecule has 3 heterocycles. The van der Waals surface area contributed by atoms with E-state index < -0.39 is 0 Å². The molecule has 0 bridgehead atoms. The van der Waals surface area contributed by atoms with E-state index in [1.165, 1.54) is 6.42 Å². The fourth-order valence-electron chi connectivity index (χ4n) is 2.49. The minimum Gasteiger partial charge on any atom is -0.363 e. The van der Waals surface area contributed by atoms with E-state index in [1.54, 1.807) is 6.20 Å². The highest BCUT2D eigenvalue weighted by atomic mass is 16.5. The van der Waals surface area contributed by atoms with Crippen molar-refractivity contribution in [3.63, 3.8) is 0 Å². The lowest BCUT2D eigenvalue weighted by Gasteiger charge is -2.14. The van der Waals surface area contributed by atoms with Crippen LogP contribution < -0.4 is 4.90 Å². The number of hydrogen-bond donors (Lipinski definition) is 0. The largest absolute Gasteiger partial charge is 0.363 e. The second kappa shape index (κ2) is 5.20. The maximum atomic E-state index is 5.41. The van der Waals surface area contributed by atoms with Crippen molar-refractivity contribution in [1.29, 1.82) is 0 Å². The molecule has 6 nitrogen and oxygen atoms in total. The summed E-state index contributed by atoms with van der Waals surface area (Å²) in [5.74, 6) is 2.22. The lowest BCUT2D eigenvalue weighted by Crippen LogP contribution is -2.17. The van der Waals surface area contributed by atoms with Crippen LogP contribution in [0.15, 0.2) is 22.9 Å². The molecule has 1 saturated heterocycles. The van der Waals surface area contributed by atoms with Gasteiger partial charge in [-0.15, -0.1) is 0 Å². The molecule has 0 N–H and O–H groups in total. The third-order valence-corrected chi connectivity index (χ3v) is 3.71. The molecule has 0 aromatic carbocycles. The Kier molecular flexibility index (Phi) is 3.40. The van der Waals surface area contributed by atoms with Crippen molar-refractivity contribution in [3.8, 4) is 11.4 Å². The smallest absolute Gasteiger partial charge is 0.244 e. The average molecular weight is 273 g/mol. The minimum atomic E-state index is 0.255. The van der Waals surface area contributed by atoms with Gasteiger partial charge in [0.05, 0.1) is 6.04 Å². The number of rotatable bonds is 3. The monoisotopic (exact) mass is 273 g/mol. The predicted molar refractivity (Wildman–Crippen MR) is 76.5 cm³/mol. The van der Waals surface area contributed by atoms with Crippen LogP contribution in [0.1, 0.15) is 24.8 Å². The first kappa shape index (κ1) is 13.1. The Morgan fingerprint density at radius 3 is 2.80 bits per heavy atom. The van der Waals surface area contributed by atoms with Crippen LogP contribution in [0.25, 0.3) is 11.4 Å². The number of pyridine rings is 1. The average Bonchev–Trinajstić information content (AvgIpc) is 3.07. The molecule has 6 heteroatoms. The summed E-state index contributed by atoms with van der Waals surface area (Å²) in [7, 11) is 6.02. The Morgan fingerprint density at radius 2 is 2.20 bits per heavy atom. The second-order valence-corrected chi connectivity index (χ2v) is 5.39. The van der Waals surface area contributed by atoms with Crippen molar-refractivity contribution in [3.05, 3.63) is 24.2 Å². The van der Waals surface area contributed by atoms with Gasteiger partial charge in [0.15, 0.2) is 0 Å². The summed E-state index contributed by atoms with van der Waals surface area (Å²) in [6.45, 7) is 1.08. The van der Waals surface area contributed by atoms with Crippen LogP contribution in [-0.4, -0.2) is 47.7 Å². The second-order valence-electron chi connectivity index (χ2n) is 5.39. The summed E-state index contributed by atoms with van der Waals surface area (Å²) in [6, 6.07) is 4.17. The van der Waals surface area contributed by atoms with Crippen molar-refractivity contribution in [2.45, 2.75) is 18.9 Å². The van der Waals surface area contributed by atoms with Crippen LogP contribution in [0, 0.1) is 0 Å². The Hall–Kier alpha value is -1.95. The molecule has 0 radical (unpaired) electrons. The zero-order valence-corrected chi connectivity index (χ0v) is 12.1. The number of hydrogen-bond acceptors (Lipinski definition) is 6. The maximum absolute atomic E-state index is 5.41. The van der Waals surface area contributed by atoms with Crippen LogP contribution in [0.5, 0.6) is 0 Å². The van der Waals surface area contributed by atoms with Gasteiger partial charge in [0, 0.05) is 25.9 Å². The van der Waals surface area contributed by atoms with Crippen LogP contribution in [0.2, 0.25) is 0 Å². The van der Waals surface area contributed by atoms with Crippen LogP contribution in [0.4, 0.5) is 5.82 Å². The molecule has 20 heavy (non-hydrogen) atoms. The quantitative estimate of drug-likeness (QED) is 0.852. The highest BCUT2D eigenvalue weighted by molar-refractivity contribution is 5.55. The van der Waals surface area contributed by atoms with Crippen LogP contribution in [-0.2, 0) is 0 Å². The van der Waals surface area contributed by atoms with Crippen molar-refractivity contribution in [2.24, 2.45) is 0 Å². The topological polar surface area (TPSA) is 58.3 Å². The van der Waals surface area contributed by atoms with Crippen molar-refractivity contribution < 1.29 is 4.52 Å². The lowest BCUT2D eigenvalue weighted by molar-refractivity contribution is 0.245. The lowest BCUT2D eigenvalue weighted by atomic mass is 10.2. The van der Waals surface area contributed by atoms with Gasteiger partial charge in [0.25, 0.3) is 0 Å². The van der Waals surface area contributed by atoms with E-state index in [0.717, 1.165) is 24.3 Å². The fourth-order valence-corrected chi connectivity index (χ4v) is 2.49. The van der Waals surface area contributed by atoms with E-state index in [4.69, 9.17) is 4.52 Å². The summed E-state index contributed by atoms with van der Waals surface area (Å²) in [5, 5.41) is 4.07. The third kappa shape index (κ3) is 2.38. The van der Waals surface area contributed by atoms with E-state index in [2.05, 4.69) is 27.1 Å². The van der Waals surface area contributed by atoms with Gasteiger partial charge in [-0.2, -0.15) is 4.98 Å². The number of aromatic nitrogens is 3. The van der Waals surface area contributed by atoms with Gasteiger partial charge >= 0.3 is 0 Å². The van der Waals surface area contributed by atoms with Gasteiger partial charge in [-0.1, -0.05) is 5.16 Å². The van der Waals surface area contributed by atoms with E-state index in [9.17, 15) is 0 Å². The predicted octanol–water partition coefficient (Wildman–Crippen LogP) is 1.96.